The predicted octanol–water partition coefficient (Wildman–Crippen LogP) is 0.850. The molecule has 1 saturated heterocycles. The number of hydrogen-bond acceptors (Lipinski definition) is 4. The van der Waals surface area contributed by atoms with Crippen molar-refractivity contribution in [1.82, 2.24) is 20.4 Å². The lowest BCUT2D eigenvalue weighted by Gasteiger charge is -2.20. The predicted molar refractivity (Wildman–Crippen MR) is 105 cm³/mol. The Morgan fingerprint density at radius 3 is 2.93 bits per heavy atom. The first-order valence-corrected chi connectivity index (χ1v) is 8.98. The van der Waals surface area contributed by atoms with Gasteiger partial charge in [-0.3, -0.25) is 14.3 Å². The molecule has 3 heterocycles. The van der Waals surface area contributed by atoms with Gasteiger partial charge in [-0.2, -0.15) is 5.10 Å². The Morgan fingerprint density at radius 2 is 2.15 bits per heavy atom. The van der Waals surface area contributed by atoms with Crippen LogP contribution in [0.5, 0.6) is 0 Å². The quantitative estimate of drug-likeness (QED) is 0.794. The molecule has 0 unspecified atom stereocenters. The highest BCUT2D eigenvalue weighted by Gasteiger charge is 2.34. The standard InChI is InChI=1S/C19H23N5O2.ClH/c1-23-12-14(9-22-23)15-10-20-11-16(15)19(26)21-6-7-24-17-5-3-2-4-13(17)8-18(24)25;/h2-5,9,12,15-16,20H,6-8,10-11H2,1H3,(H,21,26);1H/t15-,16+;/m1./s1. The molecule has 8 heteroatoms. The number of halogens is 1. The molecule has 1 aromatic carbocycles. The van der Waals surface area contributed by atoms with Crippen molar-refractivity contribution in [3.8, 4) is 0 Å². The fourth-order valence-electron chi connectivity index (χ4n) is 3.92. The normalized spacial score (nSPS) is 21.1. The van der Waals surface area contributed by atoms with Gasteiger partial charge in [-0.15, -0.1) is 12.4 Å². The first-order chi connectivity index (χ1) is 12.6. The molecule has 2 aliphatic heterocycles. The van der Waals surface area contributed by atoms with E-state index < -0.39 is 0 Å². The molecule has 27 heavy (non-hydrogen) atoms. The Kier molecular flexibility index (Phi) is 5.82. The summed E-state index contributed by atoms with van der Waals surface area (Å²) in [7, 11) is 1.88. The summed E-state index contributed by atoms with van der Waals surface area (Å²) in [5.41, 5.74) is 3.10. The molecular weight excluding hydrogens is 366 g/mol. The lowest BCUT2D eigenvalue weighted by Crippen LogP contribution is -2.40. The van der Waals surface area contributed by atoms with Gasteiger partial charge in [-0.05, 0) is 17.2 Å². The van der Waals surface area contributed by atoms with E-state index in [1.807, 2.05) is 43.7 Å². The molecule has 2 amide bonds. The number of aromatic nitrogens is 2. The van der Waals surface area contributed by atoms with Crippen molar-refractivity contribution in [1.29, 1.82) is 0 Å². The van der Waals surface area contributed by atoms with Gasteiger partial charge >= 0.3 is 0 Å². The zero-order valence-electron chi connectivity index (χ0n) is 15.2. The van der Waals surface area contributed by atoms with E-state index in [-0.39, 0.29) is 36.1 Å². The van der Waals surface area contributed by atoms with E-state index in [0.29, 0.717) is 26.1 Å². The molecule has 0 aliphatic carbocycles. The Labute approximate surface area is 164 Å². The maximum Gasteiger partial charge on any atom is 0.231 e. The first kappa shape index (κ1) is 19.4. The molecule has 0 radical (unpaired) electrons. The molecule has 2 atom stereocenters. The van der Waals surface area contributed by atoms with E-state index in [1.165, 1.54) is 0 Å². The van der Waals surface area contributed by atoms with Gasteiger partial charge in [0, 0.05) is 51.0 Å². The smallest absolute Gasteiger partial charge is 0.231 e. The van der Waals surface area contributed by atoms with Crippen LogP contribution >= 0.6 is 12.4 Å². The number of amides is 2. The highest BCUT2D eigenvalue weighted by atomic mass is 35.5. The van der Waals surface area contributed by atoms with Crippen molar-refractivity contribution in [3.63, 3.8) is 0 Å². The second-order valence-corrected chi connectivity index (χ2v) is 6.96. The third kappa shape index (κ3) is 3.84. The molecule has 7 nitrogen and oxygen atoms in total. The van der Waals surface area contributed by atoms with Crippen LogP contribution in [0.25, 0.3) is 0 Å². The van der Waals surface area contributed by atoms with Crippen LogP contribution in [-0.4, -0.2) is 47.8 Å². The monoisotopic (exact) mass is 389 g/mol. The Hall–Kier alpha value is -2.38. The summed E-state index contributed by atoms with van der Waals surface area (Å²) < 4.78 is 1.76. The molecule has 1 fully saturated rings. The minimum Gasteiger partial charge on any atom is -0.354 e. The van der Waals surface area contributed by atoms with Gasteiger partial charge in [-0.25, -0.2) is 0 Å². The van der Waals surface area contributed by atoms with E-state index in [9.17, 15) is 9.59 Å². The fraction of sp³-hybridized carbons (Fsp3) is 0.421. The molecule has 1 aromatic heterocycles. The van der Waals surface area contributed by atoms with Crippen LogP contribution in [0.4, 0.5) is 5.69 Å². The average Bonchev–Trinajstić information content (AvgIpc) is 3.33. The van der Waals surface area contributed by atoms with Gasteiger partial charge in [0.2, 0.25) is 11.8 Å². The summed E-state index contributed by atoms with van der Waals surface area (Å²) in [6.45, 7) is 2.40. The molecule has 0 bridgehead atoms. The maximum atomic E-state index is 12.7. The molecule has 144 valence electrons. The van der Waals surface area contributed by atoms with Gasteiger partial charge in [0.05, 0.1) is 18.5 Å². The molecule has 2 aliphatic rings. The molecule has 2 aromatic rings. The summed E-state index contributed by atoms with van der Waals surface area (Å²) in [6, 6.07) is 7.82. The lowest BCUT2D eigenvalue weighted by atomic mass is 9.90. The molecular formula is C19H24ClN5O2. The third-order valence-electron chi connectivity index (χ3n) is 5.26. The number of hydrogen-bond donors (Lipinski definition) is 2. The van der Waals surface area contributed by atoms with Gasteiger partial charge in [-0.1, -0.05) is 18.2 Å². The minimum atomic E-state index is -0.110. The number of aryl methyl sites for hydroxylation is 1. The van der Waals surface area contributed by atoms with Gasteiger partial charge in [0.15, 0.2) is 0 Å². The second kappa shape index (κ2) is 8.10. The van der Waals surface area contributed by atoms with Crippen LogP contribution in [0.2, 0.25) is 0 Å². The lowest BCUT2D eigenvalue weighted by molar-refractivity contribution is -0.125. The van der Waals surface area contributed by atoms with Crippen molar-refractivity contribution >= 4 is 29.9 Å². The minimum absolute atomic E-state index is 0. The third-order valence-corrected chi connectivity index (χ3v) is 5.26. The average molecular weight is 390 g/mol. The number of rotatable bonds is 5. The molecule has 2 N–H and O–H groups in total. The Balaban J connectivity index is 0.00000210. The largest absolute Gasteiger partial charge is 0.354 e. The number of benzene rings is 1. The first-order valence-electron chi connectivity index (χ1n) is 8.98. The van der Waals surface area contributed by atoms with Crippen molar-refractivity contribution in [2.24, 2.45) is 13.0 Å². The van der Waals surface area contributed by atoms with Crippen LogP contribution in [0.1, 0.15) is 17.0 Å². The van der Waals surface area contributed by atoms with Crippen LogP contribution in [0.15, 0.2) is 36.7 Å². The fourth-order valence-corrected chi connectivity index (χ4v) is 3.92. The van der Waals surface area contributed by atoms with Crippen LogP contribution < -0.4 is 15.5 Å². The number of fused-ring (bicyclic) bond motifs is 1. The maximum absolute atomic E-state index is 12.7. The van der Waals surface area contributed by atoms with Crippen molar-refractivity contribution in [2.45, 2.75) is 12.3 Å². The van der Waals surface area contributed by atoms with Gasteiger partial charge in [0.1, 0.15) is 0 Å². The summed E-state index contributed by atoms with van der Waals surface area (Å²) in [4.78, 5) is 26.6. The van der Waals surface area contributed by atoms with Crippen molar-refractivity contribution < 1.29 is 9.59 Å². The van der Waals surface area contributed by atoms with E-state index in [1.54, 1.807) is 9.58 Å². The zero-order chi connectivity index (χ0) is 18.1. The Bertz CT molecular complexity index is 837. The number of carbonyl (C=O) groups excluding carboxylic acids is 2. The van der Waals surface area contributed by atoms with Gasteiger partial charge < -0.3 is 15.5 Å². The van der Waals surface area contributed by atoms with Crippen molar-refractivity contribution in [2.75, 3.05) is 31.1 Å². The number of nitrogens with one attached hydrogen (secondary N) is 2. The molecule has 4 rings (SSSR count). The highest BCUT2D eigenvalue weighted by molar-refractivity contribution is 6.01. The molecule has 0 saturated carbocycles. The number of para-hydroxylation sites is 1. The Morgan fingerprint density at radius 1 is 1.33 bits per heavy atom. The number of anilines is 1. The SMILES string of the molecule is Cl.Cn1cc([C@H]2CNC[C@@H]2C(=O)NCCN2C(=O)Cc3ccccc32)cn1. The topological polar surface area (TPSA) is 79.3 Å². The van der Waals surface area contributed by atoms with Crippen LogP contribution in [-0.2, 0) is 23.1 Å². The zero-order valence-corrected chi connectivity index (χ0v) is 16.0. The molecule has 0 spiro atoms. The van der Waals surface area contributed by atoms with Gasteiger partial charge in [0.25, 0.3) is 0 Å². The van der Waals surface area contributed by atoms with E-state index in [2.05, 4.69) is 15.7 Å². The number of carbonyl (C=O) groups is 2. The van der Waals surface area contributed by atoms with Crippen LogP contribution in [0, 0.1) is 5.92 Å². The summed E-state index contributed by atoms with van der Waals surface area (Å²) in [5.74, 6) is 0.151. The number of nitrogens with zero attached hydrogens (tertiary/aromatic N) is 3. The summed E-state index contributed by atoms with van der Waals surface area (Å²) >= 11 is 0. The van der Waals surface area contributed by atoms with Crippen LogP contribution in [0.3, 0.4) is 0 Å². The summed E-state index contributed by atoms with van der Waals surface area (Å²) in [5, 5.41) is 10.5. The highest BCUT2D eigenvalue weighted by Crippen LogP contribution is 2.29. The van der Waals surface area contributed by atoms with E-state index in [4.69, 9.17) is 0 Å². The van der Waals surface area contributed by atoms with Crippen molar-refractivity contribution in [3.05, 3.63) is 47.8 Å². The summed E-state index contributed by atoms with van der Waals surface area (Å²) in [6.07, 6.45) is 4.25. The second-order valence-electron chi connectivity index (χ2n) is 6.96. The van der Waals surface area contributed by atoms with E-state index in [0.717, 1.165) is 23.4 Å². The van der Waals surface area contributed by atoms with E-state index >= 15 is 0 Å².